The zero-order valence-electron chi connectivity index (χ0n) is 18.4. The third kappa shape index (κ3) is 4.36. The second kappa shape index (κ2) is 8.66. The molecule has 1 heterocycles. The fraction of sp³-hybridized carbons (Fsp3) is 0.160. The summed E-state index contributed by atoms with van der Waals surface area (Å²) in [5, 5.41) is 33.3. The Hall–Kier alpha value is -4.33. The number of rotatable bonds is 5. The molecule has 1 atom stereocenters. The topological polar surface area (TPSA) is 115 Å². The lowest BCUT2D eigenvalue weighted by atomic mass is 10.0. The number of carbonyl (C=O) groups excluding carboxylic acids is 1. The number of carbonyl (C=O) groups is 2. The number of carboxylic acid groups (broad SMARTS) is 1. The summed E-state index contributed by atoms with van der Waals surface area (Å²) in [7, 11) is 0. The molecule has 0 saturated carbocycles. The van der Waals surface area contributed by atoms with Gasteiger partial charge in [-0.1, -0.05) is 24.3 Å². The first kappa shape index (κ1) is 21.9. The van der Waals surface area contributed by atoms with Crippen LogP contribution >= 0.6 is 0 Å². The standard InChI is InChI=1S/C25H22N4O4/c1-14-4-10-20(12-15(14)2)29-24(31)23(16(3)28-29)27-26-21-11-9-19(13-22(21)30)17-5-7-18(8-6-17)25(32)33/h4-13,23,30H,1-3H3,(H,32,33). The molecule has 1 amide bonds. The van der Waals surface area contributed by atoms with Gasteiger partial charge in [0.15, 0.2) is 6.04 Å². The first-order valence-corrected chi connectivity index (χ1v) is 10.3. The number of hydrogen-bond acceptors (Lipinski definition) is 6. The van der Waals surface area contributed by atoms with Crippen LogP contribution in [-0.4, -0.2) is 33.8 Å². The number of azo groups is 1. The van der Waals surface area contributed by atoms with E-state index in [9.17, 15) is 14.7 Å². The molecule has 3 aromatic carbocycles. The van der Waals surface area contributed by atoms with Crippen LogP contribution in [0.15, 0.2) is 76.0 Å². The number of phenolic OH excluding ortho intramolecular Hbond substituents is 1. The highest BCUT2D eigenvalue weighted by atomic mass is 16.4. The summed E-state index contributed by atoms with van der Waals surface area (Å²) < 4.78 is 0. The monoisotopic (exact) mass is 442 g/mol. The average molecular weight is 442 g/mol. The van der Waals surface area contributed by atoms with E-state index in [1.54, 1.807) is 31.2 Å². The Morgan fingerprint density at radius 3 is 2.27 bits per heavy atom. The minimum Gasteiger partial charge on any atom is -0.506 e. The lowest BCUT2D eigenvalue weighted by Gasteiger charge is -2.14. The number of phenols is 1. The SMILES string of the molecule is CC1=NN(c2ccc(C)c(C)c2)C(=O)C1N=Nc1ccc(-c2ccc(C(=O)O)cc2)cc1O. The average Bonchev–Trinajstić information content (AvgIpc) is 3.08. The zero-order chi connectivity index (χ0) is 23.7. The van der Waals surface area contributed by atoms with Crippen LogP contribution < -0.4 is 5.01 Å². The number of amides is 1. The van der Waals surface area contributed by atoms with Gasteiger partial charge in [-0.15, -0.1) is 0 Å². The molecule has 33 heavy (non-hydrogen) atoms. The highest BCUT2D eigenvalue weighted by Crippen LogP contribution is 2.33. The number of aromatic carboxylic acids is 1. The Labute approximate surface area is 190 Å². The van der Waals surface area contributed by atoms with Crippen molar-refractivity contribution in [2.75, 3.05) is 5.01 Å². The second-order valence-electron chi connectivity index (χ2n) is 7.86. The number of aromatic hydroxyl groups is 1. The van der Waals surface area contributed by atoms with Crippen molar-refractivity contribution in [2.24, 2.45) is 15.3 Å². The smallest absolute Gasteiger partial charge is 0.335 e. The van der Waals surface area contributed by atoms with Crippen LogP contribution in [0.4, 0.5) is 11.4 Å². The van der Waals surface area contributed by atoms with Crippen LogP contribution in [0.25, 0.3) is 11.1 Å². The molecule has 8 heteroatoms. The van der Waals surface area contributed by atoms with Gasteiger partial charge in [0.1, 0.15) is 11.4 Å². The van der Waals surface area contributed by atoms with Gasteiger partial charge in [-0.25, -0.2) is 4.79 Å². The van der Waals surface area contributed by atoms with Crippen molar-refractivity contribution >= 4 is 29.0 Å². The van der Waals surface area contributed by atoms with Crippen LogP contribution in [0.5, 0.6) is 5.75 Å². The fourth-order valence-corrected chi connectivity index (χ4v) is 3.44. The molecule has 3 aromatic rings. The van der Waals surface area contributed by atoms with Crippen molar-refractivity contribution in [3.8, 4) is 16.9 Å². The molecule has 2 N–H and O–H groups in total. The molecule has 1 aliphatic heterocycles. The summed E-state index contributed by atoms with van der Waals surface area (Å²) >= 11 is 0. The Balaban J connectivity index is 1.53. The summed E-state index contributed by atoms with van der Waals surface area (Å²) in [6.45, 7) is 5.69. The number of hydrogen-bond donors (Lipinski definition) is 2. The number of hydrazone groups is 1. The van der Waals surface area contributed by atoms with E-state index >= 15 is 0 Å². The summed E-state index contributed by atoms with van der Waals surface area (Å²) in [4.78, 5) is 23.9. The molecule has 0 saturated heterocycles. The van der Waals surface area contributed by atoms with Crippen LogP contribution in [0.2, 0.25) is 0 Å². The second-order valence-corrected chi connectivity index (χ2v) is 7.86. The minimum absolute atomic E-state index is 0.107. The van der Waals surface area contributed by atoms with E-state index in [0.29, 0.717) is 17.0 Å². The molecule has 1 aliphatic rings. The first-order valence-electron chi connectivity index (χ1n) is 10.3. The van der Waals surface area contributed by atoms with Crippen LogP contribution in [0.3, 0.4) is 0 Å². The molecule has 4 rings (SSSR count). The molecule has 8 nitrogen and oxygen atoms in total. The highest BCUT2D eigenvalue weighted by molar-refractivity contribution is 6.18. The third-order valence-electron chi connectivity index (χ3n) is 5.55. The van der Waals surface area contributed by atoms with Gasteiger partial charge in [-0.3, -0.25) is 4.79 Å². The van der Waals surface area contributed by atoms with Crippen LogP contribution in [0.1, 0.15) is 28.4 Å². The van der Waals surface area contributed by atoms with E-state index in [1.807, 2.05) is 32.0 Å². The summed E-state index contributed by atoms with van der Waals surface area (Å²) in [6.07, 6.45) is 0. The minimum atomic E-state index is -1.00. The summed E-state index contributed by atoms with van der Waals surface area (Å²) in [5.41, 5.74) is 5.20. The largest absolute Gasteiger partial charge is 0.506 e. The maximum absolute atomic E-state index is 12.9. The van der Waals surface area contributed by atoms with Gasteiger partial charge < -0.3 is 10.2 Å². The molecule has 166 valence electrons. The Bertz CT molecular complexity index is 1310. The van der Waals surface area contributed by atoms with Crippen molar-refractivity contribution < 1.29 is 19.8 Å². The van der Waals surface area contributed by atoms with Gasteiger partial charge in [0.05, 0.1) is 17.0 Å². The van der Waals surface area contributed by atoms with Gasteiger partial charge >= 0.3 is 5.97 Å². The molecule has 0 aliphatic carbocycles. The Morgan fingerprint density at radius 2 is 1.64 bits per heavy atom. The normalized spacial score (nSPS) is 15.8. The van der Waals surface area contributed by atoms with Crippen molar-refractivity contribution in [1.29, 1.82) is 0 Å². The number of carboxylic acids is 1. The van der Waals surface area contributed by atoms with Gasteiger partial charge in [0.2, 0.25) is 0 Å². The highest BCUT2D eigenvalue weighted by Gasteiger charge is 2.34. The number of benzene rings is 3. The van der Waals surface area contributed by atoms with Gasteiger partial charge in [-0.05, 0) is 79.4 Å². The van der Waals surface area contributed by atoms with E-state index in [0.717, 1.165) is 16.7 Å². The van der Waals surface area contributed by atoms with E-state index in [1.165, 1.54) is 23.2 Å². The summed E-state index contributed by atoms with van der Waals surface area (Å²) in [5.74, 6) is -1.42. The van der Waals surface area contributed by atoms with E-state index < -0.39 is 12.0 Å². The van der Waals surface area contributed by atoms with Gasteiger partial charge in [0, 0.05) is 0 Å². The lowest BCUT2D eigenvalue weighted by molar-refractivity contribution is -0.117. The van der Waals surface area contributed by atoms with E-state index in [-0.39, 0.29) is 22.9 Å². The van der Waals surface area contributed by atoms with Crippen LogP contribution in [-0.2, 0) is 4.79 Å². The molecular weight excluding hydrogens is 420 g/mol. The molecule has 0 bridgehead atoms. The predicted molar refractivity (Wildman–Crippen MR) is 125 cm³/mol. The molecule has 0 fully saturated rings. The lowest BCUT2D eigenvalue weighted by Crippen LogP contribution is -2.29. The maximum atomic E-state index is 12.9. The molecular formula is C25H22N4O4. The van der Waals surface area contributed by atoms with E-state index in [4.69, 9.17) is 5.11 Å². The van der Waals surface area contributed by atoms with Crippen molar-refractivity contribution in [2.45, 2.75) is 26.8 Å². The third-order valence-corrected chi connectivity index (χ3v) is 5.55. The molecule has 0 aromatic heterocycles. The first-order chi connectivity index (χ1) is 15.7. The zero-order valence-corrected chi connectivity index (χ0v) is 18.4. The Kier molecular flexibility index (Phi) is 5.74. The Morgan fingerprint density at radius 1 is 0.939 bits per heavy atom. The quantitative estimate of drug-likeness (QED) is 0.525. The van der Waals surface area contributed by atoms with Gasteiger partial charge in [-0.2, -0.15) is 20.3 Å². The molecule has 0 spiro atoms. The van der Waals surface area contributed by atoms with E-state index in [2.05, 4.69) is 15.3 Å². The summed E-state index contributed by atoms with van der Waals surface area (Å²) in [6, 6.07) is 16.0. The number of nitrogens with zero attached hydrogens (tertiary/aromatic N) is 4. The fourth-order valence-electron chi connectivity index (χ4n) is 3.44. The maximum Gasteiger partial charge on any atom is 0.335 e. The molecule has 0 radical (unpaired) electrons. The molecule has 1 unspecified atom stereocenters. The van der Waals surface area contributed by atoms with Crippen LogP contribution in [0, 0.1) is 13.8 Å². The van der Waals surface area contributed by atoms with Crippen molar-refractivity contribution in [1.82, 2.24) is 0 Å². The number of anilines is 1. The van der Waals surface area contributed by atoms with Gasteiger partial charge in [0.25, 0.3) is 5.91 Å². The number of aryl methyl sites for hydroxylation is 2. The van der Waals surface area contributed by atoms with Crippen molar-refractivity contribution in [3.05, 3.63) is 77.4 Å². The predicted octanol–water partition coefficient (Wildman–Crippen LogP) is 5.25. The van der Waals surface area contributed by atoms with Crippen molar-refractivity contribution in [3.63, 3.8) is 0 Å².